The molecule has 0 aliphatic carbocycles. The van der Waals surface area contributed by atoms with Gasteiger partial charge in [-0.05, 0) is 56.6 Å². The van der Waals surface area contributed by atoms with Crippen molar-refractivity contribution in [2.24, 2.45) is 0 Å². The van der Waals surface area contributed by atoms with E-state index in [9.17, 15) is 0 Å². The minimum atomic E-state index is 0.986. The van der Waals surface area contributed by atoms with Crippen LogP contribution in [-0.4, -0.2) is 4.98 Å². The summed E-state index contributed by atoms with van der Waals surface area (Å²) < 4.78 is 0. The number of pyridine rings is 1. The van der Waals surface area contributed by atoms with Crippen molar-refractivity contribution in [2.75, 3.05) is 0 Å². The minimum Gasteiger partial charge on any atom is -0.248 e. The molecule has 9 heterocycles. The van der Waals surface area contributed by atoms with Gasteiger partial charge in [0.2, 0.25) is 0 Å². The van der Waals surface area contributed by atoms with Gasteiger partial charge in [0.05, 0.1) is 11.0 Å². The maximum Gasteiger partial charge on any atom is 0.0709 e. The fraction of sp³-hybridized carbons (Fsp3) is 0. The highest BCUT2D eigenvalue weighted by Crippen LogP contribution is 2.30. The van der Waals surface area contributed by atoms with E-state index in [4.69, 9.17) is 4.98 Å². The zero-order valence-electron chi connectivity index (χ0n) is 19.6. The van der Waals surface area contributed by atoms with Gasteiger partial charge in [-0.15, -0.1) is 0 Å². The Labute approximate surface area is 210 Å². The number of benzene rings is 4. The second-order valence-electron chi connectivity index (χ2n) is 9.13. The molecule has 12 bridgehead atoms. The van der Waals surface area contributed by atoms with Gasteiger partial charge in [0.15, 0.2) is 0 Å². The van der Waals surface area contributed by atoms with E-state index in [0.717, 1.165) is 21.8 Å². The Morgan fingerprint density at radius 2 is 0.611 bits per heavy atom. The minimum absolute atomic E-state index is 0.986. The van der Waals surface area contributed by atoms with E-state index in [0.29, 0.717) is 0 Å². The van der Waals surface area contributed by atoms with Crippen molar-refractivity contribution >= 4 is 72.6 Å². The molecule has 0 amide bonds. The van der Waals surface area contributed by atoms with Crippen LogP contribution in [0.1, 0.15) is 0 Å². The summed E-state index contributed by atoms with van der Waals surface area (Å²) >= 11 is 0. The fourth-order valence-electron chi connectivity index (χ4n) is 4.85. The molecule has 9 aromatic heterocycles. The first-order valence-corrected chi connectivity index (χ1v) is 13.1. The second kappa shape index (κ2) is 8.72. The molecule has 0 fully saturated rings. The summed E-state index contributed by atoms with van der Waals surface area (Å²) in [6, 6.07) is 48.2. The average molecular weight is 476 g/mol. The van der Waals surface area contributed by atoms with Gasteiger partial charge in [-0.3, -0.25) is 0 Å². The zero-order valence-corrected chi connectivity index (χ0v) is 20.5. The first-order chi connectivity index (χ1) is 17.8. The van der Waals surface area contributed by atoms with Crippen LogP contribution in [0.5, 0.6) is 0 Å². The van der Waals surface area contributed by atoms with Crippen LogP contribution in [0.15, 0.2) is 133 Å². The lowest BCUT2D eigenvalue weighted by Crippen LogP contribution is -1.78. The Balaban J connectivity index is 1.58. The van der Waals surface area contributed by atoms with Crippen molar-refractivity contribution in [3.8, 4) is 0 Å². The van der Waals surface area contributed by atoms with Gasteiger partial charge in [0, 0.05) is 21.0 Å². The molecular formula is C34H22NP. The summed E-state index contributed by atoms with van der Waals surface area (Å²) in [7, 11) is 1.23. The van der Waals surface area contributed by atoms with Crippen molar-refractivity contribution in [2.45, 2.75) is 0 Å². The molecule has 0 radical (unpaired) electrons. The molecular weight excluding hydrogens is 453 g/mol. The molecule has 13 aromatic rings. The summed E-state index contributed by atoms with van der Waals surface area (Å²) in [5, 5.41) is 12.3. The monoisotopic (exact) mass is 475 g/mol. The molecule has 1 nitrogen and oxygen atoms in total. The molecule has 13 rings (SSSR count). The third kappa shape index (κ3) is 3.85. The predicted octanol–water partition coefficient (Wildman–Crippen LogP) is 10.3. The molecule has 168 valence electrons. The zero-order chi connectivity index (χ0) is 23.9. The number of hydrogen-bond acceptors (Lipinski definition) is 1. The smallest absolute Gasteiger partial charge is 0.0709 e. The summed E-state index contributed by atoms with van der Waals surface area (Å²) in [5.41, 5.74) is 1.97. The summed E-state index contributed by atoms with van der Waals surface area (Å²) in [5.74, 6) is 0. The third-order valence-electron chi connectivity index (χ3n) is 6.89. The maximum absolute atomic E-state index is 4.98. The lowest BCUT2D eigenvalue weighted by atomic mass is 10.1. The van der Waals surface area contributed by atoms with Crippen LogP contribution in [-0.2, 0) is 0 Å². The van der Waals surface area contributed by atoms with Gasteiger partial charge in [0.25, 0.3) is 0 Å². The van der Waals surface area contributed by atoms with Gasteiger partial charge in [-0.25, -0.2) is 4.98 Å². The largest absolute Gasteiger partial charge is 0.248 e. The van der Waals surface area contributed by atoms with E-state index in [2.05, 4.69) is 133 Å². The lowest BCUT2D eigenvalue weighted by molar-refractivity contribution is 1.50. The van der Waals surface area contributed by atoms with E-state index in [1.165, 1.54) is 50.7 Å². The SMILES string of the molecule is c1cc2nc(c1)c1ccc(cc1)c1ccc(cc1)c1cccc(p1)c1ccc(cc1)c1ccc2cc1. The Bertz CT molecular complexity index is 1690. The van der Waals surface area contributed by atoms with Gasteiger partial charge in [0.1, 0.15) is 0 Å². The van der Waals surface area contributed by atoms with Crippen LogP contribution in [0.3, 0.4) is 0 Å². The van der Waals surface area contributed by atoms with Crippen LogP contribution >= 0.6 is 8.19 Å². The Morgan fingerprint density at radius 3 is 1.00 bits per heavy atom. The summed E-state index contributed by atoms with van der Waals surface area (Å²) in [4.78, 5) is 4.98. The second-order valence-corrected chi connectivity index (χ2v) is 10.3. The number of aromatic nitrogens is 1. The van der Waals surface area contributed by atoms with Crippen LogP contribution in [0, 0.1) is 0 Å². The third-order valence-corrected chi connectivity index (χ3v) is 8.18. The first kappa shape index (κ1) is 21.0. The quantitative estimate of drug-likeness (QED) is 0.213. The van der Waals surface area contributed by atoms with Crippen molar-refractivity contribution in [3.63, 3.8) is 0 Å². The Morgan fingerprint density at radius 1 is 0.306 bits per heavy atom. The molecule has 0 unspecified atom stereocenters. The van der Waals surface area contributed by atoms with Crippen molar-refractivity contribution in [3.05, 3.63) is 133 Å². The summed E-state index contributed by atoms with van der Waals surface area (Å²) in [6.45, 7) is 0. The first-order valence-electron chi connectivity index (χ1n) is 12.2. The van der Waals surface area contributed by atoms with Crippen LogP contribution in [0.25, 0.3) is 64.4 Å². The molecule has 2 heteroatoms. The van der Waals surface area contributed by atoms with Crippen molar-refractivity contribution < 1.29 is 0 Å². The van der Waals surface area contributed by atoms with Crippen LogP contribution < -0.4 is 0 Å². The average Bonchev–Trinajstić information content (AvgIpc) is 2.97. The molecule has 36 heavy (non-hydrogen) atoms. The number of hydrogen-bond donors (Lipinski definition) is 0. The number of rotatable bonds is 0. The van der Waals surface area contributed by atoms with E-state index in [1.807, 2.05) is 0 Å². The molecule has 4 aromatic carbocycles. The van der Waals surface area contributed by atoms with Gasteiger partial charge >= 0.3 is 0 Å². The maximum atomic E-state index is 4.98. The molecule has 0 atom stereocenters. The van der Waals surface area contributed by atoms with Crippen LogP contribution in [0.4, 0.5) is 0 Å². The number of nitrogens with zero attached hydrogens (tertiary/aromatic N) is 1. The fourth-order valence-corrected chi connectivity index (χ4v) is 5.98. The normalized spacial score (nSPS) is 11.3. The van der Waals surface area contributed by atoms with Crippen LogP contribution in [0.2, 0.25) is 0 Å². The van der Waals surface area contributed by atoms with E-state index < -0.39 is 0 Å². The van der Waals surface area contributed by atoms with Crippen molar-refractivity contribution in [1.29, 1.82) is 0 Å². The summed E-state index contributed by atoms with van der Waals surface area (Å²) in [6.07, 6.45) is 0. The molecule has 0 N–H and O–H groups in total. The van der Waals surface area contributed by atoms with Gasteiger partial charge in [-0.2, -0.15) is 0 Å². The topological polar surface area (TPSA) is 12.9 Å². The van der Waals surface area contributed by atoms with Crippen molar-refractivity contribution in [1.82, 2.24) is 4.98 Å². The molecule has 0 saturated heterocycles. The molecule has 0 saturated carbocycles. The highest BCUT2D eigenvalue weighted by atomic mass is 31.0. The highest BCUT2D eigenvalue weighted by molar-refractivity contribution is 7.42. The van der Waals surface area contributed by atoms with Gasteiger partial charge < -0.3 is 0 Å². The van der Waals surface area contributed by atoms with E-state index in [-0.39, 0.29) is 0 Å². The molecule has 0 spiro atoms. The van der Waals surface area contributed by atoms with E-state index in [1.54, 1.807) is 0 Å². The predicted molar refractivity (Wildman–Crippen MR) is 158 cm³/mol. The van der Waals surface area contributed by atoms with Gasteiger partial charge in [-0.1, -0.05) is 117 Å². The highest BCUT2D eigenvalue weighted by Gasteiger charge is 1.98. The lowest BCUT2D eigenvalue weighted by Gasteiger charge is -2.01. The molecule has 0 aliphatic heterocycles. The Kier molecular flexibility index (Phi) is 5.09. The van der Waals surface area contributed by atoms with E-state index >= 15 is 0 Å². The standard InChI is InChI=1S/C34H22NP/c1-3-31-27-15-7-23(8-16-27)25-11-19-29(20-12-25)33-5-2-6-34(36-33)30-21-13-26(14-22-30)24-9-17-28(18-10-24)32(4-1)35-31/h1-22H. The Hall–Kier alpha value is -4.32. The molecule has 0 aliphatic rings.